The van der Waals surface area contributed by atoms with Crippen molar-refractivity contribution in [2.24, 2.45) is 0 Å². The van der Waals surface area contributed by atoms with Gasteiger partial charge in [0.25, 0.3) is 5.91 Å². The van der Waals surface area contributed by atoms with Gasteiger partial charge in [0.05, 0.1) is 17.1 Å². The summed E-state index contributed by atoms with van der Waals surface area (Å²) in [5, 5.41) is 5.74. The summed E-state index contributed by atoms with van der Waals surface area (Å²) in [7, 11) is -2.96. The number of sulfone groups is 1. The van der Waals surface area contributed by atoms with Crippen LogP contribution >= 0.6 is 0 Å². The van der Waals surface area contributed by atoms with Gasteiger partial charge in [-0.3, -0.25) is 9.78 Å². The van der Waals surface area contributed by atoms with Gasteiger partial charge in [0.2, 0.25) is 5.95 Å². The van der Waals surface area contributed by atoms with E-state index >= 15 is 0 Å². The van der Waals surface area contributed by atoms with E-state index in [1.54, 1.807) is 18.5 Å². The number of hydrogen-bond donors (Lipinski definition) is 2. The maximum atomic E-state index is 12.0. The van der Waals surface area contributed by atoms with Crippen molar-refractivity contribution in [3.63, 3.8) is 0 Å². The third-order valence-corrected chi connectivity index (χ3v) is 5.42. The highest BCUT2D eigenvalue weighted by Gasteiger charge is 2.28. The molecule has 2 aromatic heterocycles. The Hall–Kier alpha value is -2.55. The van der Waals surface area contributed by atoms with Crippen LogP contribution in [0.1, 0.15) is 22.3 Å². The predicted octanol–water partition coefficient (Wildman–Crippen LogP) is 0.401. The maximum absolute atomic E-state index is 12.0. The Morgan fingerprint density at radius 2 is 2.04 bits per heavy atom. The zero-order valence-corrected chi connectivity index (χ0v) is 13.7. The Morgan fingerprint density at radius 3 is 2.67 bits per heavy atom. The van der Waals surface area contributed by atoms with E-state index in [0.717, 1.165) is 5.56 Å². The largest absolute Gasteiger partial charge is 0.350 e. The molecule has 126 valence electrons. The third-order valence-electron chi connectivity index (χ3n) is 3.66. The lowest BCUT2D eigenvalue weighted by Gasteiger charge is -2.10. The van der Waals surface area contributed by atoms with E-state index in [9.17, 15) is 13.2 Å². The number of nitrogens with zero attached hydrogens (tertiary/aromatic N) is 3. The Kier molecular flexibility index (Phi) is 4.70. The van der Waals surface area contributed by atoms with Gasteiger partial charge in [0.15, 0.2) is 9.84 Å². The quantitative estimate of drug-likeness (QED) is 0.804. The summed E-state index contributed by atoms with van der Waals surface area (Å²) in [5.74, 6) is 0.304. The van der Waals surface area contributed by atoms with E-state index in [0.29, 0.717) is 24.5 Å². The highest BCUT2D eigenvalue weighted by atomic mass is 32.2. The van der Waals surface area contributed by atoms with Gasteiger partial charge < -0.3 is 10.6 Å². The molecular formula is C15H17N5O3S. The SMILES string of the molecule is O=C(NCc1cccnc1)c1cnc(NC2CCS(=O)(=O)C2)nc1. The van der Waals surface area contributed by atoms with E-state index in [4.69, 9.17) is 0 Å². The van der Waals surface area contributed by atoms with E-state index in [1.807, 2.05) is 6.07 Å². The lowest BCUT2D eigenvalue weighted by molar-refractivity contribution is 0.0950. The van der Waals surface area contributed by atoms with Gasteiger partial charge in [0, 0.05) is 37.4 Å². The standard InChI is InChI=1S/C15H17N5O3S/c21-14(17-7-11-2-1-4-16-6-11)12-8-18-15(19-9-12)20-13-3-5-24(22,23)10-13/h1-2,4,6,8-9,13H,3,5,7,10H2,(H,17,21)(H,18,19,20). The number of rotatable bonds is 5. The molecule has 24 heavy (non-hydrogen) atoms. The van der Waals surface area contributed by atoms with Crippen LogP contribution in [-0.4, -0.2) is 46.8 Å². The fourth-order valence-electron chi connectivity index (χ4n) is 2.40. The lowest BCUT2D eigenvalue weighted by Crippen LogP contribution is -2.24. The van der Waals surface area contributed by atoms with Crippen LogP contribution in [0.4, 0.5) is 5.95 Å². The van der Waals surface area contributed by atoms with Gasteiger partial charge in [-0.25, -0.2) is 18.4 Å². The van der Waals surface area contributed by atoms with Gasteiger partial charge in [-0.2, -0.15) is 0 Å². The molecule has 0 aliphatic carbocycles. The van der Waals surface area contributed by atoms with Crippen LogP contribution < -0.4 is 10.6 Å². The number of aromatic nitrogens is 3. The summed E-state index contributed by atoms with van der Waals surface area (Å²) < 4.78 is 22.9. The summed E-state index contributed by atoms with van der Waals surface area (Å²) >= 11 is 0. The van der Waals surface area contributed by atoms with Crippen LogP contribution in [-0.2, 0) is 16.4 Å². The molecule has 1 aliphatic rings. The van der Waals surface area contributed by atoms with Crippen LogP contribution in [0.3, 0.4) is 0 Å². The Bertz CT molecular complexity index is 809. The Morgan fingerprint density at radius 1 is 1.25 bits per heavy atom. The van der Waals surface area contributed by atoms with Crippen molar-refractivity contribution in [1.82, 2.24) is 20.3 Å². The number of carbonyl (C=O) groups excluding carboxylic acids is 1. The van der Waals surface area contributed by atoms with Gasteiger partial charge in [0.1, 0.15) is 0 Å². The summed E-state index contributed by atoms with van der Waals surface area (Å²) in [5.41, 5.74) is 1.23. The number of pyridine rings is 1. The molecule has 1 saturated heterocycles. The van der Waals surface area contributed by atoms with E-state index in [2.05, 4.69) is 25.6 Å². The molecule has 8 nitrogen and oxygen atoms in total. The molecule has 2 aromatic rings. The molecule has 3 heterocycles. The smallest absolute Gasteiger partial charge is 0.254 e. The van der Waals surface area contributed by atoms with Crippen molar-refractivity contribution in [2.45, 2.75) is 19.0 Å². The number of carbonyl (C=O) groups is 1. The predicted molar refractivity (Wildman–Crippen MR) is 88.1 cm³/mol. The maximum Gasteiger partial charge on any atom is 0.254 e. The van der Waals surface area contributed by atoms with E-state index in [1.165, 1.54) is 12.4 Å². The number of hydrogen-bond acceptors (Lipinski definition) is 7. The summed E-state index contributed by atoms with van der Waals surface area (Å²) in [6, 6.07) is 3.49. The first-order valence-electron chi connectivity index (χ1n) is 7.48. The van der Waals surface area contributed by atoms with Crippen molar-refractivity contribution in [3.05, 3.63) is 48.0 Å². The van der Waals surface area contributed by atoms with Crippen LogP contribution in [0, 0.1) is 0 Å². The first-order chi connectivity index (χ1) is 11.5. The second-order valence-corrected chi connectivity index (χ2v) is 7.81. The average Bonchev–Trinajstić information content (AvgIpc) is 2.93. The molecule has 0 spiro atoms. The first-order valence-corrected chi connectivity index (χ1v) is 9.30. The topological polar surface area (TPSA) is 114 Å². The van der Waals surface area contributed by atoms with Crippen molar-refractivity contribution in [3.8, 4) is 0 Å². The minimum absolute atomic E-state index is 0.0870. The van der Waals surface area contributed by atoms with Gasteiger partial charge in [-0.05, 0) is 18.1 Å². The van der Waals surface area contributed by atoms with Gasteiger partial charge >= 0.3 is 0 Å². The van der Waals surface area contributed by atoms with Gasteiger partial charge in [-0.1, -0.05) is 6.07 Å². The summed E-state index contributed by atoms with van der Waals surface area (Å²) in [4.78, 5) is 24.2. The van der Waals surface area contributed by atoms with Crippen LogP contribution in [0.15, 0.2) is 36.9 Å². The Balaban J connectivity index is 1.55. The van der Waals surface area contributed by atoms with E-state index < -0.39 is 9.84 Å². The molecule has 1 amide bonds. The molecule has 9 heteroatoms. The fraction of sp³-hybridized carbons (Fsp3) is 0.333. The zero-order chi connectivity index (χ0) is 17.0. The van der Waals surface area contributed by atoms with Crippen molar-refractivity contribution in [1.29, 1.82) is 0 Å². The second-order valence-electron chi connectivity index (χ2n) is 5.58. The number of nitrogens with one attached hydrogen (secondary N) is 2. The zero-order valence-electron chi connectivity index (χ0n) is 12.8. The Labute approximate surface area is 139 Å². The number of anilines is 1. The molecule has 0 bridgehead atoms. The highest BCUT2D eigenvalue weighted by Crippen LogP contribution is 2.15. The molecule has 2 N–H and O–H groups in total. The molecular weight excluding hydrogens is 330 g/mol. The summed E-state index contributed by atoms with van der Waals surface area (Å²) in [6.45, 7) is 0.368. The van der Waals surface area contributed by atoms with Crippen LogP contribution in [0.5, 0.6) is 0 Å². The van der Waals surface area contributed by atoms with Crippen molar-refractivity contribution in [2.75, 3.05) is 16.8 Å². The molecule has 0 saturated carbocycles. The summed E-state index contributed by atoms with van der Waals surface area (Å²) in [6.07, 6.45) is 6.72. The van der Waals surface area contributed by atoms with Crippen LogP contribution in [0.2, 0.25) is 0 Å². The first kappa shape index (κ1) is 16.3. The molecule has 1 unspecified atom stereocenters. The molecule has 0 aromatic carbocycles. The second kappa shape index (κ2) is 6.91. The highest BCUT2D eigenvalue weighted by molar-refractivity contribution is 7.91. The molecule has 1 aliphatic heterocycles. The monoisotopic (exact) mass is 347 g/mol. The minimum Gasteiger partial charge on any atom is -0.350 e. The van der Waals surface area contributed by atoms with Crippen molar-refractivity contribution < 1.29 is 13.2 Å². The van der Waals surface area contributed by atoms with Crippen molar-refractivity contribution >= 4 is 21.7 Å². The van der Waals surface area contributed by atoms with E-state index in [-0.39, 0.29) is 23.5 Å². The molecule has 1 fully saturated rings. The minimum atomic E-state index is -2.96. The van der Waals surface area contributed by atoms with Gasteiger partial charge in [-0.15, -0.1) is 0 Å². The average molecular weight is 347 g/mol. The molecule has 1 atom stereocenters. The number of amides is 1. The lowest BCUT2D eigenvalue weighted by atomic mass is 10.2. The third kappa shape index (κ3) is 4.25. The molecule has 3 rings (SSSR count). The normalized spacial score (nSPS) is 18.9. The van der Waals surface area contributed by atoms with Crippen LogP contribution in [0.25, 0.3) is 0 Å². The molecule has 0 radical (unpaired) electrons. The fourth-order valence-corrected chi connectivity index (χ4v) is 4.07.